The maximum Gasteiger partial charge on any atom is 0.143 e. The Kier molecular flexibility index (Phi) is 12.1. The number of anilines is 3. The van der Waals surface area contributed by atoms with Gasteiger partial charge in [-0.15, -0.1) is 0 Å². The van der Waals surface area contributed by atoms with Gasteiger partial charge in [0.1, 0.15) is 33.5 Å². The second-order valence-electron chi connectivity index (χ2n) is 33.5. The number of fused-ring (bicyclic) bond motifs is 38. The minimum atomic E-state index is -0.752. The zero-order valence-corrected chi connectivity index (χ0v) is 63.1. The van der Waals surface area contributed by atoms with Crippen molar-refractivity contribution >= 4 is 82.9 Å². The summed E-state index contributed by atoms with van der Waals surface area (Å²) in [6.45, 7) is 9.75. The van der Waals surface area contributed by atoms with E-state index in [1.54, 1.807) is 0 Å². The summed E-state index contributed by atoms with van der Waals surface area (Å²) in [6.07, 6.45) is 0. The predicted molar refractivity (Wildman–Crippen MR) is 467 cm³/mol. The van der Waals surface area contributed by atoms with Crippen molar-refractivity contribution in [1.29, 1.82) is 0 Å². The first-order valence-corrected chi connectivity index (χ1v) is 40.0. The molecule has 2 spiro atoms. The maximum absolute atomic E-state index is 7.16. The van der Waals surface area contributed by atoms with Crippen LogP contribution < -0.4 is 4.90 Å². The lowest BCUT2D eigenvalue weighted by molar-refractivity contribution is 0.657. The van der Waals surface area contributed by atoms with Crippen LogP contribution in [0.25, 0.3) is 166 Å². The average molecular weight is 1450 g/mol. The third kappa shape index (κ3) is 7.74. The zero-order valence-electron chi connectivity index (χ0n) is 63.1. The summed E-state index contributed by atoms with van der Waals surface area (Å²) in [4.78, 5) is 2.60. The Morgan fingerprint density at radius 3 is 1.11 bits per heavy atom. The largest absolute Gasteiger partial charge is 0.456 e. The summed E-state index contributed by atoms with van der Waals surface area (Å²) in [7, 11) is 0. The minimum absolute atomic E-state index is 0.437. The first kappa shape index (κ1) is 62.7. The van der Waals surface area contributed by atoms with Gasteiger partial charge in [0.15, 0.2) is 0 Å². The molecule has 6 aliphatic carbocycles. The van der Waals surface area contributed by atoms with Crippen molar-refractivity contribution in [2.45, 2.75) is 49.4 Å². The molecule has 4 nitrogen and oxygen atoms in total. The van der Waals surface area contributed by atoms with E-state index in [-0.39, 0.29) is 0 Å². The molecule has 0 atom stereocenters. The van der Waals surface area contributed by atoms with Crippen LogP contribution in [0.15, 0.2) is 359 Å². The Hall–Kier alpha value is -14.1. The minimum Gasteiger partial charge on any atom is -0.456 e. The molecule has 3 heterocycles. The third-order valence-electron chi connectivity index (χ3n) is 27.5. The van der Waals surface area contributed by atoms with Gasteiger partial charge in [-0.05, 0) is 247 Å². The second-order valence-corrected chi connectivity index (χ2v) is 33.5. The normalized spacial score (nSPS) is 14.9. The fraction of sp³-hybridized carbons (Fsp3) is 0.0727. The lowest BCUT2D eigenvalue weighted by Crippen LogP contribution is -2.27. The van der Waals surface area contributed by atoms with Crippen molar-refractivity contribution < 1.29 is 13.3 Å². The lowest BCUT2D eigenvalue weighted by Gasteiger charge is -2.33. The van der Waals surface area contributed by atoms with Crippen molar-refractivity contribution in [2.75, 3.05) is 4.90 Å². The molecule has 20 aromatic rings. The topological polar surface area (TPSA) is 42.7 Å². The fourth-order valence-electron chi connectivity index (χ4n) is 22.6. The molecule has 0 unspecified atom stereocenters. The Bertz CT molecular complexity index is 7650. The molecule has 0 radical (unpaired) electrons. The summed E-state index contributed by atoms with van der Waals surface area (Å²) >= 11 is 0. The standard InChI is InChI=1S/C110H69NO3/c1-107(2)88-55-66(47-50-74(88)99-93(107)58-79(63-28-9-6-10-29-63)105-103(99)77-37-16-23-44-96(77)113-105)111(67-48-51-75-89(56-67)108(3,4)94-59-80(65-31-25-30-64(54-65)62-26-7-5-8-27-62)106-104(100(75)94)78-38-17-24-45-97(78)114-106)68-46-49-73-81-60-92-82(61-91(81)110(90(73)57-68)85-41-20-13-34-71(85)72-35-14-21-42-86(72)110)101-87(52-53-98-102(101)76-36-15-22-43-95(76)112-98)109(92)83-39-18-11-32-69(83)70-33-12-19-40-84(70)109/h5-61H,1-4H3. The van der Waals surface area contributed by atoms with Gasteiger partial charge in [0.05, 0.1) is 10.8 Å². The highest BCUT2D eigenvalue weighted by molar-refractivity contribution is 6.22. The van der Waals surface area contributed by atoms with Crippen molar-refractivity contribution in [3.05, 3.63) is 413 Å². The van der Waals surface area contributed by atoms with Crippen LogP contribution in [0.4, 0.5) is 17.1 Å². The summed E-state index contributed by atoms with van der Waals surface area (Å²) in [5, 5.41) is 6.85. The lowest BCUT2D eigenvalue weighted by atomic mass is 9.68. The van der Waals surface area contributed by atoms with Crippen LogP contribution in [0.3, 0.4) is 0 Å². The number of rotatable bonds is 6. The highest BCUT2D eigenvalue weighted by Crippen LogP contribution is 2.70. The number of para-hydroxylation sites is 3. The Balaban J connectivity index is 0.735. The average Bonchev–Trinajstić information content (AvgIpc) is 1.48. The molecule has 0 fully saturated rings. The number of furan rings is 3. The Morgan fingerprint density at radius 2 is 0.570 bits per heavy atom. The SMILES string of the molecule is CC1(C)c2cc(N(c3ccc4c(c3)C(C)(C)c3cc(-c5cccc(-c6ccccc6)c5)c5oc6ccccc6c5c3-4)c3ccc4c(c3)C3(c5ccccc5-c5ccccc53)c3cc5c(cc3-4)C3(c4ccccc4-c4ccccc43)c3ccc4oc6ccccc6c4c3-5)ccc2-c2c1cc(-c1ccccc1)c1oc3ccccc3c21. The summed E-state index contributed by atoms with van der Waals surface area (Å²) in [5.74, 6) is 0. The molecule has 0 N–H and O–H groups in total. The van der Waals surface area contributed by atoms with Crippen LogP contribution in [0.2, 0.25) is 0 Å². The monoisotopic (exact) mass is 1450 g/mol. The first-order valence-electron chi connectivity index (χ1n) is 40.0. The van der Waals surface area contributed by atoms with E-state index >= 15 is 0 Å². The van der Waals surface area contributed by atoms with Crippen LogP contribution in [-0.4, -0.2) is 0 Å². The van der Waals surface area contributed by atoms with Crippen LogP contribution in [0, 0.1) is 0 Å². The Morgan fingerprint density at radius 1 is 0.202 bits per heavy atom. The zero-order chi connectivity index (χ0) is 75.0. The molecule has 6 aliphatic rings. The van der Waals surface area contributed by atoms with E-state index in [0.717, 1.165) is 105 Å². The summed E-state index contributed by atoms with van der Waals surface area (Å²) in [5.41, 5.74) is 43.5. The molecule has 17 aromatic carbocycles. The molecule has 4 heteroatoms. The molecular formula is C110H69NO3. The fourth-order valence-corrected chi connectivity index (χ4v) is 22.6. The van der Waals surface area contributed by atoms with Gasteiger partial charge in [-0.3, -0.25) is 0 Å². The van der Waals surface area contributed by atoms with E-state index < -0.39 is 21.7 Å². The van der Waals surface area contributed by atoms with Crippen LogP contribution in [0.5, 0.6) is 0 Å². The Labute approximate surface area is 658 Å². The van der Waals surface area contributed by atoms with Gasteiger partial charge in [-0.2, -0.15) is 0 Å². The molecule has 0 saturated heterocycles. The van der Waals surface area contributed by atoms with Crippen molar-refractivity contribution in [2.24, 2.45) is 0 Å². The highest BCUT2D eigenvalue weighted by atomic mass is 16.3. The maximum atomic E-state index is 7.16. The quantitative estimate of drug-likeness (QED) is 0.166. The second kappa shape index (κ2) is 21.9. The summed E-state index contributed by atoms with van der Waals surface area (Å²) < 4.78 is 21.1. The molecule has 3 aromatic heterocycles. The van der Waals surface area contributed by atoms with Crippen LogP contribution >= 0.6 is 0 Å². The molecule has 26 rings (SSSR count). The number of nitrogens with zero attached hydrogens (tertiary/aromatic N) is 1. The van der Waals surface area contributed by atoms with Crippen LogP contribution in [0.1, 0.15) is 94.5 Å². The van der Waals surface area contributed by atoms with Crippen molar-refractivity contribution in [1.82, 2.24) is 0 Å². The molecule has 0 saturated carbocycles. The number of benzene rings is 17. The van der Waals surface area contributed by atoms with E-state index in [2.05, 4.69) is 378 Å². The molecule has 0 amide bonds. The van der Waals surface area contributed by atoms with Crippen molar-refractivity contribution in [3.8, 4) is 100 Å². The van der Waals surface area contributed by atoms with E-state index in [1.807, 2.05) is 0 Å². The van der Waals surface area contributed by atoms with Gasteiger partial charge in [0.25, 0.3) is 0 Å². The molecular weight excluding hydrogens is 1380 g/mol. The molecule has 114 heavy (non-hydrogen) atoms. The number of hydrogen-bond donors (Lipinski definition) is 0. The van der Waals surface area contributed by atoms with Gasteiger partial charge in [-0.25, -0.2) is 0 Å². The van der Waals surface area contributed by atoms with Gasteiger partial charge >= 0.3 is 0 Å². The molecule has 0 aliphatic heterocycles. The van der Waals surface area contributed by atoms with Crippen LogP contribution in [-0.2, 0) is 21.7 Å². The van der Waals surface area contributed by atoms with Gasteiger partial charge in [0.2, 0.25) is 0 Å². The van der Waals surface area contributed by atoms with E-state index in [9.17, 15) is 0 Å². The first-order chi connectivity index (χ1) is 56.0. The smallest absolute Gasteiger partial charge is 0.143 e. The van der Waals surface area contributed by atoms with Crippen molar-refractivity contribution in [3.63, 3.8) is 0 Å². The third-order valence-corrected chi connectivity index (χ3v) is 27.5. The highest BCUT2D eigenvalue weighted by Gasteiger charge is 2.57. The summed E-state index contributed by atoms with van der Waals surface area (Å²) in [6, 6.07) is 131. The predicted octanol–water partition coefficient (Wildman–Crippen LogP) is 29.2. The van der Waals surface area contributed by atoms with Gasteiger partial charge in [-0.1, -0.05) is 282 Å². The van der Waals surface area contributed by atoms with E-state index in [4.69, 9.17) is 13.3 Å². The molecule has 0 bridgehead atoms. The van der Waals surface area contributed by atoms with E-state index in [0.29, 0.717) is 0 Å². The number of hydrogen-bond acceptors (Lipinski definition) is 4. The molecule has 532 valence electrons. The van der Waals surface area contributed by atoms with Gasteiger partial charge in [0, 0.05) is 71.3 Å². The van der Waals surface area contributed by atoms with Gasteiger partial charge < -0.3 is 18.2 Å². The van der Waals surface area contributed by atoms with E-state index in [1.165, 1.54) is 145 Å².